The summed E-state index contributed by atoms with van der Waals surface area (Å²) in [6.45, 7) is 0. The predicted molar refractivity (Wildman–Crippen MR) is 242 cm³/mol. The first-order valence-electron chi connectivity index (χ1n) is 19.7. The first kappa shape index (κ1) is 36.1. The molecule has 0 aliphatic carbocycles. The molecule has 10 aromatic rings. The van der Waals surface area contributed by atoms with Crippen molar-refractivity contribution in [2.75, 3.05) is 0 Å². The Morgan fingerprint density at radius 1 is 0.167 bits per heavy atom. The summed E-state index contributed by atoms with van der Waals surface area (Å²) in [6, 6.07) is 51.7. The molecular weight excluding hydrogens is 733 g/mol. The fourth-order valence-corrected chi connectivity index (χ4v) is 7.71. The smallest absolute Gasteiger partial charge is 0.0346 e. The fraction of sp³-hybridized carbons (Fsp3) is 0. The molecule has 6 heterocycles. The highest BCUT2D eigenvalue weighted by atomic mass is 14.6. The van der Waals surface area contributed by atoms with E-state index in [4.69, 9.17) is 0 Å². The van der Waals surface area contributed by atoms with E-state index in [-0.39, 0.29) is 0 Å². The molecule has 0 N–H and O–H groups in total. The lowest BCUT2D eigenvalue weighted by Crippen LogP contribution is -1.92. The number of hydrogen-bond acceptors (Lipinski definition) is 6. The Labute approximate surface area is 348 Å². The Balaban J connectivity index is 1.24. The molecule has 6 heteroatoms. The Bertz CT molecular complexity index is 2530. The second-order valence-corrected chi connectivity index (χ2v) is 14.6. The molecule has 0 unspecified atom stereocenters. The quantitative estimate of drug-likeness (QED) is 0.145. The van der Waals surface area contributed by atoms with Crippen molar-refractivity contribution in [3.8, 4) is 100 Å². The lowest BCUT2D eigenvalue weighted by Gasteiger charge is -2.17. The van der Waals surface area contributed by atoms with E-state index in [0.29, 0.717) is 0 Å². The number of benzene rings is 4. The van der Waals surface area contributed by atoms with Crippen LogP contribution in [0.2, 0.25) is 0 Å². The Hall–Kier alpha value is -8.22. The van der Waals surface area contributed by atoms with Crippen LogP contribution in [0.15, 0.2) is 220 Å². The third-order valence-corrected chi connectivity index (χ3v) is 10.7. The van der Waals surface area contributed by atoms with Crippen LogP contribution < -0.4 is 0 Å². The molecule has 10 rings (SSSR count). The summed E-state index contributed by atoms with van der Waals surface area (Å²) in [7, 11) is 0. The lowest BCUT2D eigenvalue weighted by atomic mass is 9.87. The summed E-state index contributed by atoms with van der Waals surface area (Å²) in [5, 5.41) is 0. The van der Waals surface area contributed by atoms with Gasteiger partial charge in [-0.2, -0.15) is 0 Å². The maximum Gasteiger partial charge on any atom is 0.0346 e. The number of pyridine rings is 6. The molecule has 0 radical (unpaired) electrons. The van der Waals surface area contributed by atoms with Crippen LogP contribution in [0.3, 0.4) is 0 Å². The third-order valence-electron chi connectivity index (χ3n) is 10.7. The van der Waals surface area contributed by atoms with Gasteiger partial charge in [0.2, 0.25) is 0 Å². The largest absolute Gasteiger partial charge is 0.264 e. The van der Waals surface area contributed by atoms with Crippen LogP contribution in [0.4, 0.5) is 0 Å². The SMILES string of the molecule is c1cncc(-c2cc(-c3cccnc3)cc(-c3cc(-c4cc(-c5cccnc5)cc(-c5cccnc5)c4)cc(-c4cc(-c5cccnc5)cc(-c5cccnc5)c4)c3)c2)c1. The minimum absolute atomic E-state index is 1.04. The molecule has 0 spiro atoms. The van der Waals surface area contributed by atoms with Crippen LogP contribution in [0, 0.1) is 0 Å². The molecule has 0 aliphatic heterocycles. The predicted octanol–water partition coefficient (Wildman–Crippen LogP) is 13.1. The van der Waals surface area contributed by atoms with Crippen LogP contribution in [-0.2, 0) is 0 Å². The van der Waals surface area contributed by atoms with Crippen molar-refractivity contribution < 1.29 is 0 Å². The van der Waals surface area contributed by atoms with Crippen molar-refractivity contribution in [2.45, 2.75) is 0 Å². The molecule has 0 atom stereocenters. The molecule has 4 aromatic carbocycles. The number of rotatable bonds is 9. The topological polar surface area (TPSA) is 77.3 Å². The zero-order valence-corrected chi connectivity index (χ0v) is 32.5. The Kier molecular flexibility index (Phi) is 9.84. The van der Waals surface area contributed by atoms with Crippen LogP contribution >= 0.6 is 0 Å². The van der Waals surface area contributed by atoms with Gasteiger partial charge in [0.05, 0.1) is 0 Å². The molecule has 0 fully saturated rings. The van der Waals surface area contributed by atoms with Gasteiger partial charge in [0.25, 0.3) is 0 Å². The van der Waals surface area contributed by atoms with Crippen LogP contribution in [0.5, 0.6) is 0 Å². The summed E-state index contributed by atoms with van der Waals surface area (Å²) in [6.07, 6.45) is 22.4. The molecule has 6 aromatic heterocycles. The molecule has 0 amide bonds. The molecule has 6 nitrogen and oxygen atoms in total. The summed E-state index contributed by atoms with van der Waals surface area (Å²) < 4.78 is 0. The van der Waals surface area contributed by atoms with Crippen molar-refractivity contribution in [1.29, 1.82) is 0 Å². The molecule has 0 saturated heterocycles. The first-order valence-corrected chi connectivity index (χ1v) is 19.7. The van der Waals surface area contributed by atoms with E-state index in [0.717, 1.165) is 100 Å². The van der Waals surface area contributed by atoms with Crippen LogP contribution in [-0.4, -0.2) is 29.9 Å². The number of hydrogen-bond donors (Lipinski definition) is 0. The standard InChI is InChI=1S/C54H36N6/c1-7-37(31-55-13-1)43-19-44(38-8-2-14-56-32-38)23-49(22-43)52-28-53(50-24-45(39-9-3-15-57-33-39)20-46(25-50)40-10-4-16-58-34-40)30-54(29-52)51-26-47(41-11-5-17-59-35-41)21-48(27-51)42-12-6-18-60-36-42/h1-36H. The third kappa shape index (κ3) is 7.73. The Morgan fingerprint density at radius 3 is 0.417 bits per heavy atom. The minimum Gasteiger partial charge on any atom is -0.264 e. The van der Waals surface area contributed by atoms with E-state index in [2.05, 4.69) is 139 Å². The van der Waals surface area contributed by atoms with Gasteiger partial charge in [-0.05, 0) is 176 Å². The normalized spacial score (nSPS) is 11.0. The van der Waals surface area contributed by atoms with E-state index < -0.39 is 0 Å². The highest BCUT2D eigenvalue weighted by molar-refractivity contribution is 5.90. The maximum absolute atomic E-state index is 4.48. The molecule has 60 heavy (non-hydrogen) atoms. The van der Waals surface area contributed by atoms with Crippen molar-refractivity contribution >= 4 is 0 Å². The second-order valence-electron chi connectivity index (χ2n) is 14.6. The second kappa shape index (κ2) is 16.3. The van der Waals surface area contributed by atoms with Gasteiger partial charge in [-0.3, -0.25) is 29.9 Å². The number of aromatic nitrogens is 6. The molecule has 0 bridgehead atoms. The average Bonchev–Trinajstić information content (AvgIpc) is 3.35. The average molecular weight is 769 g/mol. The first-order chi connectivity index (χ1) is 29.7. The van der Waals surface area contributed by atoms with E-state index in [1.54, 1.807) is 0 Å². The van der Waals surface area contributed by atoms with Crippen molar-refractivity contribution in [3.63, 3.8) is 0 Å². The van der Waals surface area contributed by atoms with Gasteiger partial charge in [-0.15, -0.1) is 0 Å². The highest BCUT2D eigenvalue weighted by Gasteiger charge is 2.16. The van der Waals surface area contributed by atoms with Gasteiger partial charge < -0.3 is 0 Å². The zero-order valence-electron chi connectivity index (χ0n) is 32.5. The molecule has 282 valence electrons. The highest BCUT2D eigenvalue weighted by Crippen LogP contribution is 2.41. The monoisotopic (exact) mass is 768 g/mol. The van der Waals surface area contributed by atoms with Gasteiger partial charge in [0, 0.05) is 108 Å². The molecule has 0 aliphatic rings. The van der Waals surface area contributed by atoms with Crippen molar-refractivity contribution in [3.05, 3.63) is 220 Å². The molecular formula is C54H36N6. The zero-order chi connectivity index (χ0) is 40.1. The van der Waals surface area contributed by atoms with E-state index in [9.17, 15) is 0 Å². The van der Waals surface area contributed by atoms with E-state index >= 15 is 0 Å². The van der Waals surface area contributed by atoms with Gasteiger partial charge in [0.15, 0.2) is 0 Å². The van der Waals surface area contributed by atoms with Gasteiger partial charge in [0.1, 0.15) is 0 Å². The maximum atomic E-state index is 4.48. The van der Waals surface area contributed by atoms with Crippen molar-refractivity contribution in [2.24, 2.45) is 0 Å². The summed E-state index contributed by atoms with van der Waals surface area (Å²) in [5.74, 6) is 0. The van der Waals surface area contributed by atoms with Crippen molar-refractivity contribution in [1.82, 2.24) is 29.9 Å². The fourth-order valence-electron chi connectivity index (χ4n) is 7.71. The molecule has 0 saturated carbocycles. The van der Waals surface area contributed by atoms with Gasteiger partial charge >= 0.3 is 0 Å². The minimum atomic E-state index is 1.04. The summed E-state index contributed by atoms with van der Waals surface area (Å²) in [5.41, 5.74) is 19.1. The van der Waals surface area contributed by atoms with Crippen LogP contribution in [0.1, 0.15) is 0 Å². The van der Waals surface area contributed by atoms with Gasteiger partial charge in [-0.25, -0.2) is 0 Å². The number of nitrogens with zero attached hydrogens (tertiary/aromatic N) is 6. The summed E-state index contributed by atoms with van der Waals surface area (Å²) >= 11 is 0. The van der Waals surface area contributed by atoms with Gasteiger partial charge in [-0.1, -0.05) is 36.4 Å². The van der Waals surface area contributed by atoms with E-state index in [1.165, 1.54) is 0 Å². The van der Waals surface area contributed by atoms with E-state index in [1.807, 2.05) is 111 Å². The Morgan fingerprint density at radius 2 is 0.300 bits per heavy atom. The summed E-state index contributed by atoms with van der Waals surface area (Å²) in [4.78, 5) is 26.9. The lowest BCUT2D eigenvalue weighted by molar-refractivity contribution is 1.32. The van der Waals surface area contributed by atoms with Crippen LogP contribution in [0.25, 0.3) is 100 Å².